The molecule has 0 saturated heterocycles. The third-order valence-electron chi connectivity index (χ3n) is 3.13. The normalized spacial score (nSPS) is 10.2. The van der Waals surface area contributed by atoms with E-state index >= 15 is 0 Å². The number of nitrogens with two attached hydrogens (primary N) is 1. The van der Waals surface area contributed by atoms with Gasteiger partial charge in [0.25, 0.3) is 0 Å². The number of carbonyl (C=O) groups is 1. The molecule has 0 atom stereocenters. The molecule has 0 aliphatic rings. The van der Waals surface area contributed by atoms with E-state index in [4.69, 9.17) is 18.0 Å². The van der Waals surface area contributed by atoms with Crippen molar-refractivity contribution in [3.63, 3.8) is 0 Å². The highest BCUT2D eigenvalue weighted by Crippen LogP contribution is 2.17. The molecular weight excluding hydrogens is 272 g/mol. The van der Waals surface area contributed by atoms with Crippen LogP contribution in [0.2, 0.25) is 0 Å². The molecule has 0 fully saturated rings. The van der Waals surface area contributed by atoms with E-state index in [1.807, 2.05) is 40.0 Å². The number of hydrogen-bond acceptors (Lipinski definition) is 4. The lowest BCUT2D eigenvalue weighted by Gasteiger charge is -2.25. The van der Waals surface area contributed by atoms with Gasteiger partial charge in [-0.3, -0.25) is 4.79 Å². The molecule has 1 rings (SSSR count). The summed E-state index contributed by atoms with van der Waals surface area (Å²) in [6.45, 7) is 7.49. The third kappa shape index (κ3) is 3.90. The first-order valence-electron chi connectivity index (χ1n) is 6.67. The SMILES string of the molecule is CCN(CC)C(=O)CN(C)c1nc(C)ccc1C(N)=S. The lowest BCUT2D eigenvalue weighted by Crippen LogP contribution is -2.39. The summed E-state index contributed by atoms with van der Waals surface area (Å²) in [7, 11) is 1.82. The van der Waals surface area contributed by atoms with E-state index < -0.39 is 0 Å². The molecule has 1 amide bonds. The molecular formula is C14H22N4OS. The van der Waals surface area contributed by atoms with Crippen molar-refractivity contribution in [3.8, 4) is 0 Å². The van der Waals surface area contributed by atoms with Crippen molar-refractivity contribution in [2.24, 2.45) is 5.73 Å². The summed E-state index contributed by atoms with van der Waals surface area (Å²) in [6, 6.07) is 3.70. The van der Waals surface area contributed by atoms with Crippen molar-refractivity contribution < 1.29 is 4.79 Å². The summed E-state index contributed by atoms with van der Waals surface area (Å²) < 4.78 is 0. The highest BCUT2D eigenvalue weighted by Gasteiger charge is 2.17. The number of anilines is 1. The summed E-state index contributed by atoms with van der Waals surface area (Å²) >= 11 is 5.04. The second kappa shape index (κ2) is 7.19. The van der Waals surface area contributed by atoms with Crippen LogP contribution in [-0.4, -0.2) is 47.5 Å². The molecule has 0 unspecified atom stereocenters. The molecule has 0 aromatic carbocycles. The monoisotopic (exact) mass is 294 g/mol. The summed E-state index contributed by atoms with van der Waals surface area (Å²) in [6.07, 6.45) is 0. The maximum absolute atomic E-state index is 12.1. The van der Waals surface area contributed by atoms with Gasteiger partial charge >= 0.3 is 0 Å². The minimum Gasteiger partial charge on any atom is -0.389 e. The first-order chi connectivity index (χ1) is 9.40. The van der Waals surface area contributed by atoms with E-state index in [1.165, 1.54) is 0 Å². The van der Waals surface area contributed by atoms with Gasteiger partial charge in [0.15, 0.2) is 0 Å². The van der Waals surface area contributed by atoms with Crippen LogP contribution in [0.25, 0.3) is 0 Å². The number of nitrogens with zero attached hydrogens (tertiary/aromatic N) is 3. The number of rotatable bonds is 6. The molecule has 6 heteroatoms. The zero-order valence-electron chi connectivity index (χ0n) is 12.5. The van der Waals surface area contributed by atoms with Crippen molar-refractivity contribution in [2.75, 3.05) is 31.6 Å². The number of carbonyl (C=O) groups excluding carboxylic acids is 1. The Balaban J connectivity index is 2.97. The lowest BCUT2D eigenvalue weighted by molar-refractivity contribution is -0.129. The highest BCUT2D eigenvalue weighted by atomic mass is 32.1. The van der Waals surface area contributed by atoms with Crippen LogP contribution < -0.4 is 10.6 Å². The number of aryl methyl sites for hydroxylation is 1. The Labute approximate surface area is 125 Å². The maximum atomic E-state index is 12.1. The maximum Gasteiger partial charge on any atom is 0.242 e. The summed E-state index contributed by atoms with van der Waals surface area (Å²) in [5.74, 6) is 0.715. The molecule has 2 N–H and O–H groups in total. The zero-order chi connectivity index (χ0) is 15.3. The predicted octanol–water partition coefficient (Wildman–Crippen LogP) is 1.33. The predicted molar refractivity (Wildman–Crippen MR) is 86.1 cm³/mol. The number of pyridine rings is 1. The summed E-state index contributed by atoms with van der Waals surface area (Å²) in [4.78, 5) is 20.5. The molecule has 1 aromatic rings. The molecule has 20 heavy (non-hydrogen) atoms. The van der Waals surface area contributed by atoms with E-state index in [9.17, 15) is 4.79 Å². The van der Waals surface area contributed by atoms with Gasteiger partial charge in [-0.2, -0.15) is 0 Å². The molecule has 0 spiro atoms. The average molecular weight is 294 g/mol. The van der Waals surface area contributed by atoms with Gasteiger partial charge in [0.05, 0.1) is 12.1 Å². The lowest BCUT2D eigenvalue weighted by atomic mass is 10.2. The Kier molecular flexibility index (Phi) is 5.88. The Morgan fingerprint density at radius 2 is 1.95 bits per heavy atom. The van der Waals surface area contributed by atoms with Gasteiger partial charge in [-0.15, -0.1) is 0 Å². The van der Waals surface area contributed by atoms with Gasteiger partial charge in [0.2, 0.25) is 5.91 Å². The number of hydrogen-bond donors (Lipinski definition) is 1. The molecule has 1 aromatic heterocycles. The quantitative estimate of drug-likeness (QED) is 0.802. The first-order valence-corrected chi connectivity index (χ1v) is 7.07. The molecule has 0 aliphatic heterocycles. The third-order valence-corrected chi connectivity index (χ3v) is 3.35. The first kappa shape index (κ1) is 16.4. The second-order valence-corrected chi connectivity index (χ2v) is 5.05. The van der Waals surface area contributed by atoms with Gasteiger partial charge in [-0.1, -0.05) is 12.2 Å². The second-order valence-electron chi connectivity index (χ2n) is 4.61. The summed E-state index contributed by atoms with van der Waals surface area (Å²) in [5, 5.41) is 0. The number of amides is 1. The average Bonchev–Trinajstić information content (AvgIpc) is 2.39. The molecule has 0 radical (unpaired) electrons. The fourth-order valence-electron chi connectivity index (χ4n) is 1.98. The molecule has 110 valence electrons. The van der Waals surface area contributed by atoms with Crippen molar-refractivity contribution in [3.05, 3.63) is 23.4 Å². The fraction of sp³-hybridized carbons (Fsp3) is 0.500. The van der Waals surface area contributed by atoms with Crippen molar-refractivity contribution in [2.45, 2.75) is 20.8 Å². The Morgan fingerprint density at radius 3 is 2.45 bits per heavy atom. The van der Waals surface area contributed by atoms with E-state index in [2.05, 4.69) is 4.98 Å². The van der Waals surface area contributed by atoms with Crippen LogP contribution in [0.5, 0.6) is 0 Å². The van der Waals surface area contributed by atoms with E-state index in [1.54, 1.807) is 9.80 Å². The minimum absolute atomic E-state index is 0.0645. The fourth-order valence-corrected chi connectivity index (χ4v) is 2.14. The minimum atomic E-state index is 0.0645. The molecule has 0 aliphatic carbocycles. The van der Waals surface area contributed by atoms with E-state index in [0.29, 0.717) is 24.5 Å². The standard InChI is InChI=1S/C14H22N4OS/c1-5-18(6-2)12(19)9-17(4)14-11(13(15)20)8-7-10(3)16-14/h7-8H,5-6,9H2,1-4H3,(H2,15,20). The van der Waals surface area contributed by atoms with E-state index in [-0.39, 0.29) is 17.4 Å². The van der Waals surface area contributed by atoms with Crippen LogP contribution >= 0.6 is 12.2 Å². The van der Waals surface area contributed by atoms with Gasteiger partial charge in [0, 0.05) is 25.8 Å². The van der Waals surface area contributed by atoms with Gasteiger partial charge < -0.3 is 15.5 Å². The number of thiocarbonyl (C=S) groups is 1. The van der Waals surface area contributed by atoms with Crippen molar-refractivity contribution in [1.29, 1.82) is 0 Å². The van der Waals surface area contributed by atoms with Crippen LogP contribution in [0.4, 0.5) is 5.82 Å². The molecule has 0 saturated carbocycles. The Bertz CT molecular complexity index is 500. The molecule has 0 bridgehead atoms. The van der Waals surface area contributed by atoms with Gasteiger partial charge in [-0.05, 0) is 32.9 Å². The van der Waals surface area contributed by atoms with Crippen LogP contribution in [0.15, 0.2) is 12.1 Å². The Hall–Kier alpha value is -1.69. The van der Waals surface area contributed by atoms with Crippen LogP contribution in [0, 0.1) is 6.92 Å². The van der Waals surface area contributed by atoms with Gasteiger partial charge in [-0.25, -0.2) is 4.98 Å². The topological polar surface area (TPSA) is 62.5 Å². The highest BCUT2D eigenvalue weighted by molar-refractivity contribution is 7.80. The van der Waals surface area contributed by atoms with Crippen LogP contribution in [0.1, 0.15) is 25.1 Å². The van der Waals surface area contributed by atoms with E-state index in [0.717, 1.165) is 5.69 Å². The molecule has 1 heterocycles. The van der Waals surface area contributed by atoms with Crippen LogP contribution in [0.3, 0.4) is 0 Å². The van der Waals surface area contributed by atoms with Gasteiger partial charge in [0.1, 0.15) is 10.8 Å². The Morgan fingerprint density at radius 1 is 1.35 bits per heavy atom. The molecule has 5 nitrogen and oxygen atoms in total. The zero-order valence-corrected chi connectivity index (χ0v) is 13.3. The largest absolute Gasteiger partial charge is 0.389 e. The smallest absolute Gasteiger partial charge is 0.242 e. The van der Waals surface area contributed by atoms with Crippen molar-refractivity contribution >= 4 is 28.9 Å². The van der Waals surface area contributed by atoms with Crippen molar-refractivity contribution in [1.82, 2.24) is 9.88 Å². The summed E-state index contributed by atoms with van der Waals surface area (Å²) in [5.41, 5.74) is 7.27. The van der Waals surface area contributed by atoms with Crippen LogP contribution in [-0.2, 0) is 4.79 Å². The number of likely N-dealkylation sites (N-methyl/N-ethyl adjacent to an activating group) is 2. The number of aromatic nitrogens is 1.